The number of benzene rings is 3. The molecule has 4 N–H and O–H groups in total. The highest BCUT2D eigenvalue weighted by molar-refractivity contribution is 7.91. The number of phenolic OH excluding ortho intramolecular Hbond substituents is 1. The zero-order chi connectivity index (χ0) is 27.6. The van der Waals surface area contributed by atoms with E-state index < -0.39 is 48.6 Å². The molecule has 3 rings (SSSR count). The van der Waals surface area contributed by atoms with Crippen molar-refractivity contribution in [3.05, 3.63) is 53.6 Å². The molecule has 0 spiro atoms. The van der Waals surface area contributed by atoms with Crippen LogP contribution in [0.2, 0.25) is 0 Å². The summed E-state index contributed by atoms with van der Waals surface area (Å²) >= 11 is 0. The van der Waals surface area contributed by atoms with Gasteiger partial charge in [0, 0.05) is 10.8 Å². The number of aromatic hydroxyl groups is 1. The van der Waals surface area contributed by atoms with Crippen molar-refractivity contribution in [3.63, 3.8) is 0 Å². The maximum Gasteiger partial charge on any atom is 0.397 e. The first-order chi connectivity index (χ1) is 17.1. The molecule has 0 aliphatic carbocycles. The molecular formula is C21H23N3O10S3. The van der Waals surface area contributed by atoms with Crippen LogP contribution in [0.15, 0.2) is 57.6 Å². The Labute approximate surface area is 213 Å². The molecule has 0 amide bonds. The van der Waals surface area contributed by atoms with E-state index in [1.807, 2.05) is 0 Å². The van der Waals surface area contributed by atoms with E-state index in [4.69, 9.17) is 9.11 Å². The van der Waals surface area contributed by atoms with Gasteiger partial charge in [-0.05, 0) is 55.3 Å². The van der Waals surface area contributed by atoms with Crippen LogP contribution in [-0.2, 0) is 34.5 Å². The van der Waals surface area contributed by atoms with Crippen molar-refractivity contribution >= 4 is 58.2 Å². The highest BCUT2D eigenvalue weighted by Gasteiger charge is 2.21. The van der Waals surface area contributed by atoms with Gasteiger partial charge in [0.25, 0.3) is 10.1 Å². The predicted octanol–water partition coefficient (Wildman–Crippen LogP) is 3.43. The first kappa shape index (κ1) is 28.4. The fourth-order valence-electron chi connectivity index (χ4n) is 3.36. The van der Waals surface area contributed by atoms with Gasteiger partial charge in [0.1, 0.15) is 23.0 Å². The van der Waals surface area contributed by atoms with Crippen molar-refractivity contribution in [1.29, 1.82) is 0 Å². The predicted molar refractivity (Wildman–Crippen MR) is 135 cm³/mol. The number of rotatable bonds is 10. The van der Waals surface area contributed by atoms with Crippen molar-refractivity contribution in [3.8, 4) is 5.75 Å². The van der Waals surface area contributed by atoms with Crippen molar-refractivity contribution in [2.75, 3.05) is 23.6 Å². The van der Waals surface area contributed by atoms with E-state index in [1.54, 1.807) is 19.9 Å². The van der Waals surface area contributed by atoms with Crippen LogP contribution in [0.1, 0.15) is 11.1 Å². The maximum absolute atomic E-state index is 12.8. The molecule has 13 nitrogen and oxygen atoms in total. The average molecular weight is 574 g/mol. The van der Waals surface area contributed by atoms with E-state index in [2.05, 4.69) is 19.7 Å². The lowest BCUT2D eigenvalue weighted by Gasteiger charge is -2.14. The minimum absolute atomic E-state index is 0.0328. The summed E-state index contributed by atoms with van der Waals surface area (Å²) in [6, 6.07) is 10.1. The van der Waals surface area contributed by atoms with Gasteiger partial charge in [-0.2, -0.15) is 16.8 Å². The maximum atomic E-state index is 12.8. The molecule has 0 unspecified atom stereocenters. The fraction of sp³-hybridized carbons (Fsp3) is 0.238. The number of hydrogen-bond acceptors (Lipinski definition) is 11. The molecule has 0 aromatic heterocycles. The zero-order valence-corrected chi connectivity index (χ0v) is 21.9. The minimum Gasteiger partial charge on any atom is -0.507 e. The van der Waals surface area contributed by atoms with Gasteiger partial charge in [0.15, 0.2) is 9.84 Å². The summed E-state index contributed by atoms with van der Waals surface area (Å²) in [5.41, 5.74) is 1.35. The van der Waals surface area contributed by atoms with Crippen LogP contribution in [0.3, 0.4) is 0 Å². The summed E-state index contributed by atoms with van der Waals surface area (Å²) in [7, 11) is -13.4. The Morgan fingerprint density at radius 2 is 1.59 bits per heavy atom. The Balaban J connectivity index is 2.12. The Morgan fingerprint density at radius 3 is 2.24 bits per heavy atom. The summed E-state index contributed by atoms with van der Waals surface area (Å²) in [6.45, 7) is 2.62. The first-order valence-corrected chi connectivity index (χ1v) is 15.0. The van der Waals surface area contributed by atoms with Crippen LogP contribution in [0.5, 0.6) is 5.75 Å². The molecule has 3 aromatic rings. The van der Waals surface area contributed by atoms with Crippen LogP contribution in [0, 0.1) is 13.8 Å². The molecule has 0 fully saturated rings. The Kier molecular flexibility index (Phi) is 8.21. The molecule has 0 aliphatic heterocycles. The number of anilines is 1. The molecular weight excluding hydrogens is 550 g/mol. The van der Waals surface area contributed by atoms with Gasteiger partial charge in [0.2, 0.25) is 0 Å². The molecule has 0 saturated heterocycles. The van der Waals surface area contributed by atoms with Crippen molar-refractivity contribution in [2.24, 2.45) is 10.2 Å². The first-order valence-electron chi connectivity index (χ1n) is 10.4. The van der Waals surface area contributed by atoms with Crippen LogP contribution in [0.4, 0.5) is 17.1 Å². The summed E-state index contributed by atoms with van der Waals surface area (Å²) in [5, 5.41) is 22.1. The summed E-state index contributed by atoms with van der Waals surface area (Å²) in [4.78, 5) is -0.305. The Morgan fingerprint density at radius 1 is 0.919 bits per heavy atom. The van der Waals surface area contributed by atoms with Gasteiger partial charge < -0.3 is 10.4 Å². The van der Waals surface area contributed by atoms with Crippen LogP contribution in [0.25, 0.3) is 10.8 Å². The van der Waals surface area contributed by atoms with Gasteiger partial charge in [-0.25, -0.2) is 12.6 Å². The van der Waals surface area contributed by atoms with Gasteiger partial charge in [-0.1, -0.05) is 12.1 Å². The van der Waals surface area contributed by atoms with Crippen molar-refractivity contribution in [1.82, 2.24) is 0 Å². The lowest BCUT2D eigenvalue weighted by Crippen LogP contribution is -2.15. The van der Waals surface area contributed by atoms with Crippen molar-refractivity contribution in [2.45, 2.75) is 18.7 Å². The van der Waals surface area contributed by atoms with Gasteiger partial charge >= 0.3 is 10.4 Å². The lowest BCUT2D eigenvalue weighted by molar-refractivity contribution is 0.284. The molecule has 0 atom stereocenters. The lowest BCUT2D eigenvalue weighted by atomic mass is 9.99. The normalized spacial score (nSPS) is 12.9. The molecule has 3 aromatic carbocycles. The molecule has 0 aliphatic rings. The second-order valence-electron chi connectivity index (χ2n) is 7.86. The fourth-order valence-corrected chi connectivity index (χ4v) is 5.33. The number of azo groups is 1. The number of nitrogens with zero attached hydrogens (tertiary/aromatic N) is 2. The average Bonchev–Trinajstić information content (AvgIpc) is 2.78. The molecule has 0 heterocycles. The highest BCUT2D eigenvalue weighted by atomic mass is 32.3. The topological polar surface area (TPSA) is 209 Å². The van der Waals surface area contributed by atoms with Crippen LogP contribution in [-0.4, -0.2) is 57.7 Å². The van der Waals surface area contributed by atoms with Gasteiger partial charge in [0.05, 0.1) is 22.9 Å². The third-order valence-corrected chi connectivity index (χ3v) is 7.96. The van der Waals surface area contributed by atoms with E-state index in [9.17, 15) is 30.4 Å². The third-order valence-electron chi connectivity index (χ3n) is 5.27. The van der Waals surface area contributed by atoms with E-state index in [1.165, 1.54) is 36.4 Å². The van der Waals surface area contributed by atoms with E-state index >= 15 is 0 Å². The minimum atomic E-state index is -4.83. The second-order valence-corrected chi connectivity index (χ2v) is 12.5. The van der Waals surface area contributed by atoms with E-state index in [0.29, 0.717) is 21.9 Å². The monoisotopic (exact) mass is 573 g/mol. The smallest absolute Gasteiger partial charge is 0.397 e. The van der Waals surface area contributed by atoms with Crippen molar-refractivity contribution < 1.29 is 43.6 Å². The molecule has 200 valence electrons. The molecule has 0 radical (unpaired) electrons. The number of hydrogen-bond donors (Lipinski definition) is 4. The Hall–Kier alpha value is -3.15. The zero-order valence-electron chi connectivity index (χ0n) is 19.5. The Bertz CT molecular complexity index is 1700. The number of sulfone groups is 1. The number of fused-ring (bicyclic) bond motifs is 1. The highest BCUT2D eigenvalue weighted by Crippen LogP contribution is 2.41. The third kappa shape index (κ3) is 7.21. The van der Waals surface area contributed by atoms with Crippen LogP contribution >= 0.6 is 0 Å². The second kappa shape index (κ2) is 10.7. The number of nitrogens with one attached hydrogen (secondary N) is 1. The summed E-state index contributed by atoms with van der Waals surface area (Å²) in [6.07, 6.45) is 0. The number of aryl methyl sites for hydroxylation is 1. The molecule has 37 heavy (non-hydrogen) atoms. The van der Waals surface area contributed by atoms with Gasteiger partial charge in [-0.3, -0.25) is 9.11 Å². The number of phenols is 1. The molecule has 16 heteroatoms. The molecule has 0 bridgehead atoms. The van der Waals surface area contributed by atoms with E-state index in [-0.39, 0.29) is 27.7 Å². The summed E-state index contributed by atoms with van der Waals surface area (Å²) < 4.78 is 91.5. The summed E-state index contributed by atoms with van der Waals surface area (Å²) in [5.74, 6) is -1.67. The largest absolute Gasteiger partial charge is 0.507 e. The standard InChI is InChI=1S/C21H23N3O10S3/c1-13-11-16-15(21(25)14(13)2)7-8-18(22-12-36(28,29)30)20(16)24-23-17-5-3-4-6-19(17)35(26,27)10-9-34-37(31,32)33/h3-8,11,22,25H,9-10,12H2,1-2H3,(H,28,29,30)(H,31,32,33). The quantitative estimate of drug-likeness (QED) is 0.204. The van der Waals surface area contributed by atoms with Gasteiger partial charge in [-0.15, -0.1) is 10.2 Å². The van der Waals surface area contributed by atoms with Crippen LogP contribution < -0.4 is 5.32 Å². The molecule has 0 saturated carbocycles. The SMILES string of the molecule is Cc1cc2c(N=Nc3ccccc3S(=O)(=O)CCOS(=O)(=O)O)c(NCS(=O)(=O)O)ccc2c(O)c1C. The van der Waals surface area contributed by atoms with E-state index in [0.717, 1.165) is 0 Å².